The summed E-state index contributed by atoms with van der Waals surface area (Å²) in [5.41, 5.74) is 0. The highest BCUT2D eigenvalue weighted by Crippen LogP contribution is 2.39. The van der Waals surface area contributed by atoms with Gasteiger partial charge < -0.3 is 33.9 Å². The second-order valence-corrected chi connectivity index (χ2v) is 9.31. The van der Waals surface area contributed by atoms with Crippen molar-refractivity contribution >= 4 is 5.97 Å². The molecule has 0 amide bonds. The summed E-state index contributed by atoms with van der Waals surface area (Å²) in [7, 11) is 0. The zero-order valence-corrected chi connectivity index (χ0v) is 19.9. The molecule has 3 rings (SSSR count). The van der Waals surface area contributed by atoms with E-state index in [0.717, 1.165) is 51.4 Å². The van der Waals surface area contributed by atoms with Gasteiger partial charge in [0.15, 0.2) is 12.6 Å². The van der Waals surface area contributed by atoms with E-state index >= 15 is 0 Å². The molecule has 2 saturated heterocycles. The van der Waals surface area contributed by atoms with Crippen molar-refractivity contribution in [2.24, 2.45) is 11.8 Å². The van der Waals surface area contributed by atoms with E-state index in [1.54, 1.807) is 0 Å². The molecule has 7 atom stereocenters. The minimum absolute atomic E-state index is 0.0941. The van der Waals surface area contributed by atoms with Gasteiger partial charge in [0.1, 0.15) is 0 Å². The van der Waals surface area contributed by atoms with E-state index in [-0.39, 0.29) is 37.1 Å². The molecule has 7 unspecified atom stereocenters. The summed E-state index contributed by atoms with van der Waals surface area (Å²) >= 11 is 0. The van der Waals surface area contributed by atoms with Crippen molar-refractivity contribution in [1.29, 1.82) is 0 Å². The van der Waals surface area contributed by atoms with Gasteiger partial charge in [-0.15, -0.1) is 0 Å². The summed E-state index contributed by atoms with van der Waals surface area (Å²) in [6, 6.07) is 0. The number of hydrogen-bond acceptors (Lipinski definition) is 7. The molecule has 33 heavy (non-hydrogen) atoms. The van der Waals surface area contributed by atoms with Gasteiger partial charge in [-0.05, 0) is 58.3 Å². The van der Waals surface area contributed by atoms with Gasteiger partial charge in [0.05, 0.1) is 24.7 Å². The molecule has 190 valence electrons. The van der Waals surface area contributed by atoms with E-state index in [1.807, 2.05) is 19.1 Å². The highest BCUT2D eigenvalue weighted by Gasteiger charge is 2.44. The first-order valence-corrected chi connectivity index (χ1v) is 12.8. The molecular weight excluding hydrogens is 428 g/mol. The largest absolute Gasteiger partial charge is 0.481 e. The van der Waals surface area contributed by atoms with Crippen molar-refractivity contribution in [1.82, 2.24) is 0 Å². The fourth-order valence-electron chi connectivity index (χ4n) is 5.01. The van der Waals surface area contributed by atoms with Crippen molar-refractivity contribution in [2.45, 2.75) is 102 Å². The van der Waals surface area contributed by atoms with E-state index in [4.69, 9.17) is 23.7 Å². The fraction of sp³-hybridized carbons (Fsp3) is 0.880. The number of rotatable bonds is 13. The van der Waals surface area contributed by atoms with Crippen molar-refractivity contribution in [3.63, 3.8) is 0 Å². The molecule has 2 N–H and O–H groups in total. The van der Waals surface area contributed by atoms with Crippen molar-refractivity contribution in [2.75, 3.05) is 26.4 Å². The molecule has 0 aromatic carbocycles. The third-order valence-corrected chi connectivity index (χ3v) is 6.76. The molecule has 1 aliphatic carbocycles. The Morgan fingerprint density at radius 3 is 2.48 bits per heavy atom. The third-order valence-electron chi connectivity index (χ3n) is 6.76. The molecule has 2 aliphatic heterocycles. The summed E-state index contributed by atoms with van der Waals surface area (Å²) in [5, 5.41) is 20.1. The van der Waals surface area contributed by atoms with E-state index in [0.29, 0.717) is 32.8 Å². The van der Waals surface area contributed by atoms with E-state index in [9.17, 15) is 15.0 Å². The number of ether oxygens (including phenoxy) is 5. The molecule has 2 heterocycles. The monoisotopic (exact) mass is 470 g/mol. The minimum atomic E-state index is -0.910. The van der Waals surface area contributed by atoms with Crippen molar-refractivity contribution in [3.05, 3.63) is 12.2 Å². The Hall–Kier alpha value is -1.03. The molecule has 1 saturated carbocycles. The summed E-state index contributed by atoms with van der Waals surface area (Å²) in [4.78, 5) is 11.5. The molecule has 0 spiro atoms. The second kappa shape index (κ2) is 14.4. The number of aliphatic hydroxyl groups excluding tert-OH is 1. The van der Waals surface area contributed by atoms with Crippen LogP contribution in [0, 0.1) is 11.8 Å². The number of aliphatic carboxylic acids is 1. The van der Waals surface area contributed by atoms with Crippen LogP contribution in [0.2, 0.25) is 0 Å². The van der Waals surface area contributed by atoms with E-state index in [2.05, 4.69) is 0 Å². The maximum absolute atomic E-state index is 11.5. The Morgan fingerprint density at radius 1 is 1.12 bits per heavy atom. The van der Waals surface area contributed by atoms with Crippen LogP contribution in [0.15, 0.2) is 12.2 Å². The molecule has 3 aliphatic rings. The van der Waals surface area contributed by atoms with Crippen LogP contribution >= 0.6 is 0 Å². The minimum Gasteiger partial charge on any atom is -0.481 e. The first kappa shape index (κ1) is 26.6. The smallest absolute Gasteiger partial charge is 0.303 e. The Kier molecular flexibility index (Phi) is 11.6. The van der Waals surface area contributed by atoms with Gasteiger partial charge in [-0.3, -0.25) is 4.79 Å². The fourth-order valence-corrected chi connectivity index (χ4v) is 5.01. The van der Waals surface area contributed by atoms with Crippen molar-refractivity contribution < 1.29 is 38.7 Å². The average molecular weight is 471 g/mol. The number of carboxylic acid groups (broad SMARTS) is 1. The van der Waals surface area contributed by atoms with Crippen LogP contribution in [0.3, 0.4) is 0 Å². The van der Waals surface area contributed by atoms with Crippen LogP contribution in [0.5, 0.6) is 0 Å². The van der Waals surface area contributed by atoms with Crippen LogP contribution in [0.1, 0.15) is 71.1 Å². The Balaban J connectivity index is 1.68. The molecule has 8 heteroatoms. The van der Waals surface area contributed by atoms with Gasteiger partial charge in [-0.25, -0.2) is 0 Å². The molecule has 8 nitrogen and oxygen atoms in total. The van der Waals surface area contributed by atoms with Gasteiger partial charge in [-0.2, -0.15) is 0 Å². The molecule has 0 aromatic heterocycles. The first-order valence-electron chi connectivity index (χ1n) is 12.8. The Bertz CT molecular complexity index is 585. The number of carbonyl (C=O) groups is 1. The normalized spacial score (nSPS) is 34.0. The molecule has 3 fully saturated rings. The first-order chi connectivity index (χ1) is 16.1. The molecule has 0 radical (unpaired) electrons. The second-order valence-electron chi connectivity index (χ2n) is 9.31. The van der Waals surface area contributed by atoms with Gasteiger partial charge in [0.25, 0.3) is 0 Å². The van der Waals surface area contributed by atoms with Crippen molar-refractivity contribution in [3.8, 4) is 0 Å². The quantitative estimate of drug-likeness (QED) is 0.311. The van der Waals surface area contributed by atoms with Crippen LogP contribution in [0.4, 0.5) is 0 Å². The lowest BCUT2D eigenvalue weighted by Crippen LogP contribution is -2.31. The lowest BCUT2D eigenvalue weighted by atomic mass is 9.89. The summed E-state index contributed by atoms with van der Waals surface area (Å²) < 4.78 is 29.5. The zero-order chi connectivity index (χ0) is 23.5. The van der Waals surface area contributed by atoms with Gasteiger partial charge in [0.2, 0.25) is 0 Å². The van der Waals surface area contributed by atoms with Crippen LogP contribution in [-0.2, 0) is 28.5 Å². The van der Waals surface area contributed by atoms with Crippen LogP contribution < -0.4 is 0 Å². The van der Waals surface area contributed by atoms with E-state index < -0.39 is 18.0 Å². The number of aliphatic hydroxyl groups is 1. The van der Waals surface area contributed by atoms with Gasteiger partial charge >= 0.3 is 5.97 Å². The number of hydrogen-bond donors (Lipinski definition) is 2. The topological polar surface area (TPSA) is 104 Å². The van der Waals surface area contributed by atoms with Gasteiger partial charge in [-0.1, -0.05) is 12.2 Å². The third kappa shape index (κ3) is 8.92. The van der Waals surface area contributed by atoms with Crippen LogP contribution in [0.25, 0.3) is 0 Å². The SMILES string of the molecule is CCOCCCC(C=CC1C(OC2CCCCO2)CC(O)C1CC(=O)O)OC1CCCCO1. The maximum atomic E-state index is 11.5. The summed E-state index contributed by atoms with van der Waals surface area (Å²) in [5.74, 6) is -1.53. The lowest BCUT2D eigenvalue weighted by Gasteiger charge is -2.29. The lowest BCUT2D eigenvalue weighted by molar-refractivity contribution is -0.193. The Labute approximate surface area is 197 Å². The Morgan fingerprint density at radius 2 is 1.85 bits per heavy atom. The standard InChI is InChI=1S/C25H42O8/c1-2-29-13-7-8-18(32-24-9-3-5-14-30-24)11-12-19-20(16-23(27)28)21(26)17-22(19)33-25-10-4-6-15-31-25/h11-12,18-22,24-26H,2-10,13-17H2,1H3,(H,27,28). The average Bonchev–Trinajstić information content (AvgIpc) is 3.09. The van der Waals surface area contributed by atoms with E-state index in [1.165, 1.54) is 0 Å². The molecular formula is C25H42O8. The predicted octanol–water partition coefficient (Wildman–Crippen LogP) is 3.65. The van der Waals surface area contributed by atoms with Gasteiger partial charge in [0, 0.05) is 44.7 Å². The van der Waals surface area contributed by atoms with Crippen LogP contribution in [-0.4, -0.2) is 73.5 Å². The zero-order valence-electron chi connectivity index (χ0n) is 19.9. The predicted molar refractivity (Wildman–Crippen MR) is 122 cm³/mol. The maximum Gasteiger partial charge on any atom is 0.303 e. The molecule has 0 bridgehead atoms. The summed E-state index contributed by atoms with van der Waals surface area (Å²) in [6.07, 6.45) is 10.3. The highest BCUT2D eigenvalue weighted by molar-refractivity contribution is 5.67. The summed E-state index contributed by atoms with van der Waals surface area (Å²) in [6.45, 7) is 4.73. The highest BCUT2D eigenvalue weighted by atomic mass is 16.7. The molecule has 0 aromatic rings. The number of carboxylic acids is 1.